The van der Waals surface area contributed by atoms with Crippen LogP contribution in [0.1, 0.15) is 5.56 Å². The van der Waals surface area contributed by atoms with Crippen LogP contribution in [0.3, 0.4) is 0 Å². The molecule has 26 heavy (non-hydrogen) atoms. The molecule has 0 aliphatic heterocycles. The number of ether oxygens (including phenoxy) is 2. The molecular formula is C19H18ClN3O3. The van der Waals surface area contributed by atoms with E-state index in [-0.39, 0.29) is 0 Å². The summed E-state index contributed by atoms with van der Waals surface area (Å²) in [7, 11) is 1.29. The molecule has 3 rings (SSSR count). The molecule has 134 valence electrons. The standard InChI is InChI=1S/C19H18ClN3O3/c1-25-19(24)22-21-12-14-13-23(17-8-4-2-6-15(14)17)10-11-26-18-9-5-3-7-16(18)20/h2-9,12-13H,10-11H2,1H3,(H,22,24). The second kappa shape index (κ2) is 8.40. The Morgan fingerprint density at radius 2 is 2.00 bits per heavy atom. The molecule has 0 fully saturated rings. The molecule has 0 radical (unpaired) electrons. The third-order valence-corrected chi connectivity index (χ3v) is 4.10. The number of nitrogens with zero attached hydrogens (tertiary/aromatic N) is 2. The number of nitrogens with one attached hydrogen (secondary N) is 1. The number of para-hydroxylation sites is 2. The summed E-state index contributed by atoms with van der Waals surface area (Å²) >= 11 is 6.11. The quantitative estimate of drug-likeness (QED) is 0.525. The van der Waals surface area contributed by atoms with E-state index in [0.29, 0.717) is 23.9 Å². The van der Waals surface area contributed by atoms with Gasteiger partial charge < -0.3 is 14.0 Å². The molecule has 1 aromatic heterocycles. The van der Waals surface area contributed by atoms with Crippen molar-refractivity contribution in [1.29, 1.82) is 0 Å². The summed E-state index contributed by atoms with van der Waals surface area (Å²) in [5.74, 6) is 0.662. The molecule has 2 aromatic carbocycles. The third-order valence-electron chi connectivity index (χ3n) is 3.79. The Kier molecular flexibility index (Phi) is 5.76. The number of carbonyl (C=O) groups is 1. The first-order valence-electron chi connectivity index (χ1n) is 8.01. The molecule has 0 aliphatic rings. The monoisotopic (exact) mass is 371 g/mol. The van der Waals surface area contributed by atoms with Crippen molar-refractivity contribution in [1.82, 2.24) is 9.99 Å². The number of carbonyl (C=O) groups excluding carboxylic acids is 1. The van der Waals surface area contributed by atoms with Crippen LogP contribution in [0, 0.1) is 0 Å². The predicted molar refractivity (Wildman–Crippen MR) is 102 cm³/mol. The zero-order valence-electron chi connectivity index (χ0n) is 14.2. The average molecular weight is 372 g/mol. The number of rotatable bonds is 6. The van der Waals surface area contributed by atoms with Crippen LogP contribution in [0.25, 0.3) is 10.9 Å². The van der Waals surface area contributed by atoms with Crippen molar-refractivity contribution < 1.29 is 14.3 Å². The topological polar surface area (TPSA) is 64.8 Å². The molecule has 0 bridgehead atoms. The second-order valence-corrected chi connectivity index (χ2v) is 5.84. The van der Waals surface area contributed by atoms with Gasteiger partial charge in [0.25, 0.3) is 0 Å². The smallest absolute Gasteiger partial charge is 0.427 e. The summed E-state index contributed by atoms with van der Waals surface area (Å²) in [6, 6.07) is 15.3. The van der Waals surface area contributed by atoms with Crippen LogP contribution in [-0.4, -0.2) is 30.6 Å². The lowest BCUT2D eigenvalue weighted by Gasteiger charge is -2.09. The summed E-state index contributed by atoms with van der Waals surface area (Å²) in [4.78, 5) is 11.1. The lowest BCUT2D eigenvalue weighted by Crippen LogP contribution is -2.16. The van der Waals surface area contributed by atoms with Crippen LogP contribution in [0.15, 0.2) is 59.8 Å². The summed E-state index contributed by atoms with van der Waals surface area (Å²) in [6.45, 7) is 1.11. The third kappa shape index (κ3) is 4.15. The van der Waals surface area contributed by atoms with Gasteiger partial charge in [-0.3, -0.25) is 0 Å². The van der Waals surface area contributed by atoms with Gasteiger partial charge in [0.1, 0.15) is 12.4 Å². The minimum atomic E-state index is -0.613. The highest BCUT2D eigenvalue weighted by atomic mass is 35.5. The van der Waals surface area contributed by atoms with Crippen molar-refractivity contribution in [3.63, 3.8) is 0 Å². The SMILES string of the molecule is COC(=O)NN=Cc1cn(CCOc2ccccc2Cl)c2ccccc12. The van der Waals surface area contributed by atoms with Gasteiger partial charge in [0.05, 0.1) is 24.9 Å². The minimum Gasteiger partial charge on any atom is -0.490 e. The van der Waals surface area contributed by atoms with Crippen LogP contribution in [0.2, 0.25) is 5.02 Å². The number of benzene rings is 2. The first-order valence-corrected chi connectivity index (χ1v) is 8.39. The minimum absolute atomic E-state index is 0.472. The molecule has 1 N–H and O–H groups in total. The van der Waals surface area contributed by atoms with Gasteiger partial charge in [-0.1, -0.05) is 41.9 Å². The van der Waals surface area contributed by atoms with Gasteiger partial charge in [0, 0.05) is 22.7 Å². The molecule has 0 saturated heterocycles. The Morgan fingerprint density at radius 1 is 1.23 bits per heavy atom. The first kappa shape index (κ1) is 17.8. The van der Waals surface area contributed by atoms with Gasteiger partial charge >= 0.3 is 6.09 Å². The second-order valence-electron chi connectivity index (χ2n) is 5.44. The van der Waals surface area contributed by atoms with E-state index in [1.807, 2.05) is 48.7 Å². The van der Waals surface area contributed by atoms with Crippen LogP contribution >= 0.6 is 11.6 Å². The van der Waals surface area contributed by atoms with Gasteiger partial charge in [-0.2, -0.15) is 5.10 Å². The molecule has 0 saturated carbocycles. The lowest BCUT2D eigenvalue weighted by molar-refractivity contribution is 0.171. The van der Waals surface area contributed by atoms with Crippen molar-refractivity contribution >= 4 is 34.8 Å². The molecule has 0 atom stereocenters. The Balaban J connectivity index is 1.74. The first-order chi connectivity index (χ1) is 12.7. The van der Waals surface area contributed by atoms with Gasteiger partial charge in [0.15, 0.2) is 0 Å². The zero-order chi connectivity index (χ0) is 18.4. The summed E-state index contributed by atoms with van der Waals surface area (Å²) in [5.41, 5.74) is 4.22. The fourth-order valence-corrected chi connectivity index (χ4v) is 2.77. The Labute approximate surface area is 156 Å². The molecule has 6 nitrogen and oxygen atoms in total. The van der Waals surface area contributed by atoms with Gasteiger partial charge in [-0.25, -0.2) is 10.2 Å². The fraction of sp³-hybridized carbons (Fsp3) is 0.158. The molecule has 1 amide bonds. The molecule has 3 aromatic rings. The van der Waals surface area contributed by atoms with Crippen LogP contribution in [0.5, 0.6) is 5.75 Å². The highest BCUT2D eigenvalue weighted by Gasteiger charge is 2.07. The maximum absolute atomic E-state index is 11.1. The van der Waals surface area contributed by atoms with Gasteiger partial charge in [-0.15, -0.1) is 0 Å². The van der Waals surface area contributed by atoms with E-state index >= 15 is 0 Å². The van der Waals surface area contributed by atoms with Crippen LogP contribution in [0.4, 0.5) is 4.79 Å². The van der Waals surface area contributed by atoms with Crippen molar-refractivity contribution in [2.45, 2.75) is 6.54 Å². The number of methoxy groups -OCH3 is 1. The molecule has 0 unspecified atom stereocenters. The van der Waals surface area contributed by atoms with E-state index in [9.17, 15) is 4.79 Å². The van der Waals surface area contributed by atoms with E-state index in [1.165, 1.54) is 7.11 Å². The summed E-state index contributed by atoms with van der Waals surface area (Å²) in [6.07, 6.45) is 2.94. The molecule has 7 heteroatoms. The number of hydrogen-bond donors (Lipinski definition) is 1. The van der Waals surface area contributed by atoms with Crippen molar-refractivity contribution in [2.24, 2.45) is 5.10 Å². The van der Waals surface area contributed by atoms with Crippen molar-refractivity contribution in [2.75, 3.05) is 13.7 Å². The Bertz CT molecular complexity index is 937. The number of amides is 1. The average Bonchev–Trinajstić information content (AvgIpc) is 3.01. The molecule has 1 heterocycles. The number of fused-ring (bicyclic) bond motifs is 1. The number of aromatic nitrogens is 1. The maximum atomic E-state index is 11.1. The zero-order valence-corrected chi connectivity index (χ0v) is 14.9. The molecular weight excluding hydrogens is 354 g/mol. The highest BCUT2D eigenvalue weighted by Crippen LogP contribution is 2.24. The number of halogens is 1. The number of hydrazone groups is 1. The predicted octanol–water partition coefficient (Wildman–Crippen LogP) is 4.06. The summed E-state index contributed by atoms with van der Waals surface area (Å²) < 4.78 is 12.3. The van der Waals surface area contributed by atoms with Crippen LogP contribution < -0.4 is 10.2 Å². The van der Waals surface area contributed by atoms with Gasteiger partial charge in [-0.05, 0) is 18.2 Å². The number of hydrogen-bond acceptors (Lipinski definition) is 4. The lowest BCUT2D eigenvalue weighted by atomic mass is 10.2. The highest BCUT2D eigenvalue weighted by molar-refractivity contribution is 6.32. The summed E-state index contributed by atoms with van der Waals surface area (Å²) in [5, 5.41) is 5.52. The molecule has 0 aliphatic carbocycles. The normalized spacial score (nSPS) is 11.0. The van der Waals surface area contributed by atoms with Gasteiger partial charge in [0.2, 0.25) is 0 Å². The molecule has 0 spiro atoms. The van der Waals surface area contributed by atoms with E-state index in [1.54, 1.807) is 12.3 Å². The van der Waals surface area contributed by atoms with Crippen molar-refractivity contribution in [3.05, 3.63) is 65.3 Å². The van der Waals surface area contributed by atoms with Crippen molar-refractivity contribution in [3.8, 4) is 5.75 Å². The fourth-order valence-electron chi connectivity index (χ4n) is 2.58. The van der Waals surface area contributed by atoms with E-state index < -0.39 is 6.09 Å². The van der Waals surface area contributed by atoms with E-state index in [2.05, 4.69) is 19.8 Å². The maximum Gasteiger partial charge on any atom is 0.427 e. The Hall–Kier alpha value is -2.99. The largest absolute Gasteiger partial charge is 0.490 e. The van der Waals surface area contributed by atoms with Crippen LogP contribution in [-0.2, 0) is 11.3 Å². The van der Waals surface area contributed by atoms with E-state index in [0.717, 1.165) is 16.5 Å². The Morgan fingerprint density at radius 3 is 2.81 bits per heavy atom. The van der Waals surface area contributed by atoms with E-state index in [4.69, 9.17) is 16.3 Å².